The topological polar surface area (TPSA) is 72.2 Å². The van der Waals surface area contributed by atoms with Crippen LogP contribution in [0.1, 0.15) is 16.1 Å². The molecule has 0 unspecified atom stereocenters. The van der Waals surface area contributed by atoms with Crippen LogP contribution in [0.2, 0.25) is 0 Å². The van der Waals surface area contributed by atoms with Gasteiger partial charge in [-0.3, -0.25) is 9.20 Å². The largest absolute Gasteiger partial charge is 0.319 e. The third kappa shape index (κ3) is 3.58. The van der Waals surface area contributed by atoms with Gasteiger partial charge in [0.15, 0.2) is 5.16 Å². The van der Waals surface area contributed by atoms with Crippen molar-refractivity contribution in [1.29, 1.82) is 0 Å². The van der Waals surface area contributed by atoms with Crippen LogP contribution in [0.4, 0.5) is 10.1 Å². The van der Waals surface area contributed by atoms with Gasteiger partial charge in [0.25, 0.3) is 5.91 Å². The summed E-state index contributed by atoms with van der Waals surface area (Å²) in [6.45, 7) is 1.90. The fraction of sp³-hybridized carbons (Fsp3) is 0.0833. The molecule has 3 heterocycles. The smallest absolute Gasteiger partial charge is 0.255 e. The van der Waals surface area contributed by atoms with Gasteiger partial charge in [-0.05, 0) is 49.1 Å². The van der Waals surface area contributed by atoms with Gasteiger partial charge in [-0.2, -0.15) is 0 Å². The SMILES string of the molecule is CSc1ncc2cc(-c3ccc(NC(=O)c4ccccc4)c(F)c3)c3nc(C)cn3c2n1. The number of halogens is 1. The molecule has 6 nitrogen and oxygen atoms in total. The summed E-state index contributed by atoms with van der Waals surface area (Å²) in [6, 6.07) is 15.4. The maximum atomic E-state index is 15.0. The van der Waals surface area contributed by atoms with Crippen LogP contribution in [0, 0.1) is 12.7 Å². The second kappa shape index (κ2) is 8.05. The highest BCUT2D eigenvalue weighted by Crippen LogP contribution is 2.31. The standard InChI is InChI=1S/C24H18FN5OS/c1-14-13-30-21-17(12-26-24(29-21)32-2)10-18(22(30)27-14)16-8-9-20(19(25)11-16)28-23(31)15-6-4-3-5-7-15/h3-13H,1-2H3,(H,28,31). The molecular formula is C24H18FN5OS. The van der Waals surface area contributed by atoms with Gasteiger partial charge in [0.1, 0.15) is 17.1 Å². The number of benzene rings is 2. The average molecular weight is 444 g/mol. The van der Waals surface area contributed by atoms with Crippen LogP contribution in [0.25, 0.3) is 27.8 Å². The number of anilines is 1. The molecule has 158 valence electrons. The number of hydrogen-bond acceptors (Lipinski definition) is 5. The summed E-state index contributed by atoms with van der Waals surface area (Å²) in [5, 5.41) is 4.12. The lowest BCUT2D eigenvalue weighted by atomic mass is 10.0. The summed E-state index contributed by atoms with van der Waals surface area (Å²) in [4.78, 5) is 26.0. The predicted octanol–water partition coefficient (Wildman–Crippen LogP) is 5.37. The number of nitrogens with one attached hydrogen (secondary N) is 1. The molecular weight excluding hydrogens is 425 g/mol. The molecule has 0 saturated heterocycles. The number of carbonyl (C=O) groups is 1. The number of nitrogens with zero attached hydrogens (tertiary/aromatic N) is 4. The van der Waals surface area contributed by atoms with E-state index in [1.54, 1.807) is 42.6 Å². The van der Waals surface area contributed by atoms with E-state index in [0.29, 0.717) is 21.9 Å². The Balaban J connectivity index is 1.58. The van der Waals surface area contributed by atoms with E-state index in [-0.39, 0.29) is 11.6 Å². The van der Waals surface area contributed by atoms with Gasteiger partial charge < -0.3 is 5.32 Å². The van der Waals surface area contributed by atoms with Crippen molar-refractivity contribution in [1.82, 2.24) is 19.4 Å². The number of thioether (sulfide) groups is 1. The lowest BCUT2D eigenvalue weighted by Gasteiger charge is -2.11. The summed E-state index contributed by atoms with van der Waals surface area (Å²) in [7, 11) is 0. The van der Waals surface area contributed by atoms with Crippen molar-refractivity contribution in [3.05, 3.63) is 84.1 Å². The Kier molecular flexibility index (Phi) is 5.07. The van der Waals surface area contributed by atoms with Gasteiger partial charge in [-0.15, -0.1) is 0 Å². The van der Waals surface area contributed by atoms with Gasteiger partial charge in [-0.25, -0.2) is 19.3 Å². The number of aromatic nitrogens is 4. The molecule has 0 atom stereocenters. The van der Waals surface area contributed by atoms with Gasteiger partial charge in [0, 0.05) is 28.9 Å². The Hall–Kier alpha value is -3.78. The highest BCUT2D eigenvalue weighted by molar-refractivity contribution is 7.98. The van der Waals surface area contributed by atoms with E-state index in [0.717, 1.165) is 22.3 Å². The first kappa shape index (κ1) is 20.1. The predicted molar refractivity (Wildman–Crippen MR) is 125 cm³/mol. The van der Waals surface area contributed by atoms with Crippen LogP contribution in [0.3, 0.4) is 0 Å². The molecule has 0 spiro atoms. The summed E-state index contributed by atoms with van der Waals surface area (Å²) in [5.74, 6) is -0.890. The zero-order valence-electron chi connectivity index (χ0n) is 17.3. The van der Waals surface area contributed by atoms with Crippen molar-refractivity contribution in [2.24, 2.45) is 0 Å². The number of rotatable bonds is 4. The molecule has 0 aliphatic rings. The number of amides is 1. The van der Waals surface area contributed by atoms with Crippen molar-refractivity contribution in [2.45, 2.75) is 12.1 Å². The minimum absolute atomic E-state index is 0.117. The van der Waals surface area contributed by atoms with E-state index in [1.165, 1.54) is 17.8 Å². The number of aryl methyl sites for hydroxylation is 1. The maximum Gasteiger partial charge on any atom is 0.255 e. The average Bonchev–Trinajstić information content (AvgIpc) is 3.21. The summed E-state index contributed by atoms with van der Waals surface area (Å²) in [6.07, 6.45) is 5.59. The van der Waals surface area contributed by atoms with E-state index >= 15 is 0 Å². The molecule has 0 fully saturated rings. The Morgan fingerprint density at radius 1 is 1.06 bits per heavy atom. The normalized spacial score (nSPS) is 11.2. The first-order valence-corrected chi connectivity index (χ1v) is 11.1. The van der Waals surface area contributed by atoms with Crippen LogP contribution < -0.4 is 5.32 Å². The lowest BCUT2D eigenvalue weighted by Crippen LogP contribution is -2.12. The highest BCUT2D eigenvalue weighted by atomic mass is 32.2. The Labute approximate surface area is 187 Å². The molecule has 32 heavy (non-hydrogen) atoms. The molecule has 8 heteroatoms. The van der Waals surface area contributed by atoms with Crippen LogP contribution in [0.5, 0.6) is 0 Å². The first-order valence-electron chi connectivity index (χ1n) is 9.89. The monoisotopic (exact) mass is 443 g/mol. The zero-order valence-corrected chi connectivity index (χ0v) is 18.2. The molecule has 3 aromatic heterocycles. The summed E-state index contributed by atoms with van der Waals surface area (Å²) < 4.78 is 16.9. The van der Waals surface area contributed by atoms with E-state index < -0.39 is 5.82 Å². The van der Waals surface area contributed by atoms with Crippen LogP contribution in [0.15, 0.2) is 72.1 Å². The fourth-order valence-electron chi connectivity index (χ4n) is 3.61. The van der Waals surface area contributed by atoms with E-state index in [2.05, 4.69) is 20.3 Å². The van der Waals surface area contributed by atoms with E-state index in [4.69, 9.17) is 0 Å². The van der Waals surface area contributed by atoms with E-state index in [9.17, 15) is 9.18 Å². The number of pyridine rings is 1. The third-order valence-electron chi connectivity index (χ3n) is 5.12. The van der Waals surface area contributed by atoms with Crippen molar-refractivity contribution < 1.29 is 9.18 Å². The minimum atomic E-state index is -0.526. The minimum Gasteiger partial charge on any atom is -0.319 e. The van der Waals surface area contributed by atoms with Gasteiger partial charge >= 0.3 is 0 Å². The van der Waals surface area contributed by atoms with Gasteiger partial charge in [0.2, 0.25) is 0 Å². The van der Waals surface area contributed by atoms with Crippen molar-refractivity contribution >= 4 is 40.0 Å². The number of carbonyl (C=O) groups excluding carboxylic acids is 1. The summed E-state index contributed by atoms with van der Waals surface area (Å²) >= 11 is 1.47. The molecule has 5 aromatic rings. The molecule has 0 saturated carbocycles. The molecule has 1 amide bonds. The van der Waals surface area contributed by atoms with Crippen LogP contribution in [-0.2, 0) is 0 Å². The quantitative estimate of drug-likeness (QED) is 0.299. The van der Waals surface area contributed by atoms with Crippen molar-refractivity contribution in [3.8, 4) is 11.1 Å². The second-order valence-electron chi connectivity index (χ2n) is 7.28. The molecule has 2 aromatic carbocycles. The number of imidazole rings is 1. The highest BCUT2D eigenvalue weighted by Gasteiger charge is 2.15. The molecule has 0 aliphatic heterocycles. The molecule has 0 aliphatic carbocycles. The van der Waals surface area contributed by atoms with Crippen molar-refractivity contribution in [2.75, 3.05) is 11.6 Å². The number of hydrogen-bond donors (Lipinski definition) is 1. The molecule has 5 rings (SSSR count). The lowest BCUT2D eigenvalue weighted by molar-refractivity contribution is 0.102. The Morgan fingerprint density at radius 3 is 2.62 bits per heavy atom. The Morgan fingerprint density at radius 2 is 1.88 bits per heavy atom. The second-order valence-corrected chi connectivity index (χ2v) is 8.06. The zero-order chi connectivity index (χ0) is 22.2. The number of fused-ring (bicyclic) bond motifs is 3. The molecule has 0 radical (unpaired) electrons. The van der Waals surface area contributed by atoms with Gasteiger partial charge in [0.05, 0.1) is 11.4 Å². The first-order chi connectivity index (χ1) is 15.5. The molecule has 1 N–H and O–H groups in total. The molecule has 0 bridgehead atoms. The van der Waals surface area contributed by atoms with Gasteiger partial charge in [-0.1, -0.05) is 36.0 Å². The van der Waals surface area contributed by atoms with Crippen LogP contribution in [-0.4, -0.2) is 31.5 Å². The Bertz CT molecular complexity index is 1480. The maximum absolute atomic E-state index is 15.0. The fourth-order valence-corrected chi connectivity index (χ4v) is 3.95. The summed E-state index contributed by atoms with van der Waals surface area (Å²) in [5.41, 5.74) is 4.24. The van der Waals surface area contributed by atoms with Crippen molar-refractivity contribution in [3.63, 3.8) is 0 Å². The van der Waals surface area contributed by atoms with E-state index in [1.807, 2.05) is 35.9 Å². The third-order valence-corrected chi connectivity index (χ3v) is 5.68. The van der Waals surface area contributed by atoms with Crippen LogP contribution >= 0.6 is 11.8 Å².